The predicted molar refractivity (Wildman–Crippen MR) is 81.1 cm³/mol. The molecule has 0 spiro atoms. The van der Waals surface area contributed by atoms with Crippen LogP contribution >= 0.6 is 0 Å². The molecule has 2 amide bonds. The van der Waals surface area contributed by atoms with E-state index in [2.05, 4.69) is 20.3 Å². The van der Waals surface area contributed by atoms with E-state index in [1.54, 1.807) is 6.07 Å². The number of amides is 2. The Morgan fingerprint density at radius 2 is 2.22 bits per heavy atom. The molecule has 0 fully saturated rings. The van der Waals surface area contributed by atoms with Crippen molar-refractivity contribution in [3.8, 4) is 6.07 Å². The molecule has 2 aromatic heterocycles. The highest BCUT2D eigenvalue weighted by molar-refractivity contribution is 6.01. The average molecular weight is 308 g/mol. The van der Waals surface area contributed by atoms with Crippen LogP contribution < -0.4 is 10.2 Å². The largest absolute Gasteiger partial charge is 0.328 e. The van der Waals surface area contributed by atoms with Crippen LogP contribution in [0, 0.1) is 11.3 Å². The minimum atomic E-state index is -0.402. The third kappa shape index (κ3) is 2.98. The zero-order valence-corrected chi connectivity index (χ0v) is 12.1. The fraction of sp³-hybridized carbons (Fsp3) is 0.200. The maximum Gasteiger partial charge on any atom is 0.328 e. The average Bonchev–Trinajstić information content (AvgIpc) is 2.61. The molecular weight excluding hydrogens is 296 g/mol. The number of hydrogen-bond acceptors (Lipinski definition) is 6. The Morgan fingerprint density at radius 1 is 1.35 bits per heavy atom. The molecule has 0 unspecified atom stereocenters. The zero-order chi connectivity index (χ0) is 16.2. The zero-order valence-electron chi connectivity index (χ0n) is 12.1. The van der Waals surface area contributed by atoms with Crippen molar-refractivity contribution in [3.63, 3.8) is 0 Å². The number of carbonyl (C=O) groups excluding carboxylic acids is 2. The number of urea groups is 1. The number of pyridine rings is 1. The Labute approximate surface area is 131 Å². The summed E-state index contributed by atoms with van der Waals surface area (Å²) in [4.78, 5) is 36.8. The van der Waals surface area contributed by atoms with Gasteiger partial charge in [0.1, 0.15) is 17.6 Å². The summed E-state index contributed by atoms with van der Waals surface area (Å²) < 4.78 is 0. The van der Waals surface area contributed by atoms with Gasteiger partial charge >= 0.3 is 6.03 Å². The van der Waals surface area contributed by atoms with Crippen molar-refractivity contribution in [3.05, 3.63) is 41.5 Å². The molecule has 0 saturated carbocycles. The number of aldehydes is 1. The highest BCUT2D eigenvalue weighted by Crippen LogP contribution is 2.25. The van der Waals surface area contributed by atoms with Gasteiger partial charge in [-0.3, -0.25) is 15.0 Å². The number of hydrogen-bond donors (Lipinski definition) is 1. The van der Waals surface area contributed by atoms with E-state index in [0.717, 1.165) is 18.4 Å². The molecule has 0 saturated heterocycles. The fourth-order valence-electron chi connectivity index (χ4n) is 2.34. The monoisotopic (exact) mass is 308 g/mol. The molecule has 0 bridgehead atoms. The first-order chi connectivity index (χ1) is 11.2. The molecule has 8 nitrogen and oxygen atoms in total. The molecule has 1 aliphatic heterocycles. The van der Waals surface area contributed by atoms with E-state index in [1.165, 1.54) is 17.3 Å². The van der Waals surface area contributed by atoms with Gasteiger partial charge < -0.3 is 0 Å². The van der Waals surface area contributed by atoms with Crippen LogP contribution in [0.4, 0.5) is 16.4 Å². The summed E-state index contributed by atoms with van der Waals surface area (Å²) in [6.45, 7) is 0.498. The Hall–Kier alpha value is -3.34. The number of anilines is 2. The van der Waals surface area contributed by atoms with Gasteiger partial charge in [0.15, 0.2) is 17.8 Å². The summed E-state index contributed by atoms with van der Waals surface area (Å²) in [5.74, 6) is 0.729. The second-order valence-electron chi connectivity index (χ2n) is 4.92. The second kappa shape index (κ2) is 6.19. The minimum absolute atomic E-state index is 0.170. The molecule has 0 radical (unpaired) electrons. The quantitative estimate of drug-likeness (QED) is 0.842. The van der Waals surface area contributed by atoms with Gasteiger partial charge in [-0.15, -0.1) is 0 Å². The van der Waals surface area contributed by atoms with E-state index in [1.807, 2.05) is 12.1 Å². The summed E-state index contributed by atoms with van der Waals surface area (Å²) in [5, 5.41) is 11.3. The molecule has 3 rings (SSSR count). The Bertz CT molecular complexity index is 797. The first-order valence-corrected chi connectivity index (χ1v) is 6.97. The second-order valence-corrected chi connectivity index (χ2v) is 4.92. The maximum absolute atomic E-state index is 12.4. The molecule has 3 heterocycles. The van der Waals surface area contributed by atoms with E-state index in [-0.39, 0.29) is 17.2 Å². The van der Waals surface area contributed by atoms with Crippen molar-refractivity contribution < 1.29 is 9.59 Å². The smallest absolute Gasteiger partial charge is 0.296 e. The van der Waals surface area contributed by atoms with Crippen LogP contribution in [0.3, 0.4) is 0 Å². The van der Waals surface area contributed by atoms with Gasteiger partial charge in [-0.25, -0.2) is 19.7 Å². The Morgan fingerprint density at radius 3 is 2.91 bits per heavy atom. The summed E-state index contributed by atoms with van der Waals surface area (Å²) >= 11 is 0. The molecule has 0 aliphatic carbocycles. The Balaban J connectivity index is 1.83. The van der Waals surface area contributed by atoms with Gasteiger partial charge in [0.2, 0.25) is 0 Å². The van der Waals surface area contributed by atoms with Crippen molar-refractivity contribution in [1.29, 1.82) is 5.26 Å². The van der Waals surface area contributed by atoms with Gasteiger partial charge in [0.05, 0.1) is 12.4 Å². The van der Waals surface area contributed by atoms with E-state index >= 15 is 0 Å². The minimum Gasteiger partial charge on any atom is -0.296 e. The van der Waals surface area contributed by atoms with E-state index < -0.39 is 6.03 Å². The van der Waals surface area contributed by atoms with Crippen LogP contribution in [0.1, 0.15) is 28.2 Å². The van der Waals surface area contributed by atoms with Crippen LogP contribution in [0.2, 0.25) is 0 Å². The van der Waals surface area contributed by atoms with Crippen molar-refractivity contribution in [2.24, 2.45) is 0 Å². The number of nitrogens with zero attached hydrogens (tertiary/aromatic N) is 5. The number of fused-ring (bicyclic) bond motifs is 1. The number of aryl methyl sites for hydroxylation is 1. The van der Waals surface area contributed by atoms with Crippen LogP contribution in [0.15, 0.2) is 24.5 Å². The van der Waals surface area contributed by atoms with Crippen LogP contribution in [-0.2, 0) is 6.42 Å². The lowest BCUT2D eigenvalue weighted by Gasteiger charge is -2.28. The maximum atomic E-state index is 12.4. The summed E-state index contributed by atoms with van der Waals surface area (Å²) in [6, 6.07) is 4.91. The fourth-order valence-corrected chi connectivity index (χ4v) is 2.34. The number of aromatic nitrogens is 3. The van der Waals surface area contributed by atoms with Gasteiger partial charge in [0, 0.05) is 6.54 Å². The van der Waals surface area contributed by atoms with Gasteiger partial charge in [-0.1, -0.05) is 6.07 Å². The van der Waals surface area contributed by atoms with E-state index in [9.17, 15) is 9.59 Å². The highest BCUT2D eigenvalue weighted by Gasteiger charge is 2.24. The third-order valence-electron chi connectivity index (χ3n) is 3.43. The van der Waals surface area contributed by atoms with Gasteiger partial charge in [-0.2, -0.15) is 5.26 Å². The first kappa shape index (κ1) is 14.6. The molecule has 114 valence electrons. The van der Waals surface area contributed by atoms with Crippen LogP contribution in [0.25, 0.3) is 0 Å². The molecule has 0 aromatic carbocycles. The summed E-state index contributed by atoms with van der Waals surface area (Å²) in [6.07, 6.45) is 4.86. The number of carbonyl (C=O) groups is 2. The molecule has 23 heavy (non-hydrogen) atoms. The SMILES string of the molecule is N#Cc1cnc(NC(=O)N2CCCc3ccc(C=O)nc32)cn1. The summed E-state index contributed by atoms with van der Waals surface area (Å²) in [5.41, 5.74) is 1.37. The van der Waals surface area contributed by atoms with Gasteiger partial charge in [0.25, 0.3) is 0 Å². The van der Waals surface area contributed by atoms with Crippen LogP contribution in [-0.4, -0.2) is 33.8 Å². The molecule has 1 N–H and O–H groups in total. The molecule has 1 aliphatic rings. The molecule has 2 aromatic rings. The number of nitrogens with one attached hydrogen (secondary N) is 1. The topological polar surface area (TPSA) is 112 Å². The van der Waals surface area contributed by atoms with E-state index in [0.29, 0.717) is 18.6 Å². The van der Waals surface area contributed by atoms with Crippen LogP contribution in [0.5, 0.6) is 0 Å². The molecule has 8 heteroatoms. The van der Waals surface area contributed by atoms with Crippen molar-refractivity contribution in [2.75, 3.05) is 16.8 Å². The lowest BCUT2D eigenvalue weighted by atomic mass is 10.1. The van der Waals surface area contributed by atoms with Crippen molar-refractivity contribution in [1.82, 2.24) is 15.0 Å². The normalized spacial score (nSPS) is 12.9. The van der Waals surface area contributed by atoms with E-state index in [4.69, 9.17) is 5.26 Å². The molecular formula is C15H12N6O2. The highest BCUT2D eigenvalue weighted by atomic mass is 16.2. The van der Waals surface area contributed by atoms with Gasteiger partial charge in [-0.05, 0) is 24.5 Å². The Kier molecular flexibility index (Phi) is 3.93. The lowest BCUT2D eigenvalue weighted by molar-refractivity contribution is 0.111. The third-order valence-corrected chi connectivity index (χ3v) is 3.43. The number of rotatable bonds is 2. The predicted octanol–water partition coefficient (Wildman–Crippen LogP) is 1.54. The van der Waals surface area contributed by atoms with Crippen molar-refractivity contribution >= 4 is 24.0 Å². The molecule has 0 atom stereocenters. The lowest BCUT2D eigenvalue weighted by Crippen LogP contribution is -2.39. The van der Waals surface area contributed by atoms with Crippen molar-refractivity contribution in [2.45, 2.75) is 12.8 Å². The first-order valence-electron chi connectivity index (χ1n) is 6.97. The number of nitriles is 1. The summed E-state index contributed by atoms with van der Waals surface area (Å²) in [7, 11) is 0. The standard InChI is InChI=1S/C15H12N6O2/c16-6-12-7-18-13(8-17-12)20-15(23)21-5-1-2-10-3-4-11(9-22)19-14(10)21/h3-4,7-9H,1-2,5H2,(H,18,20,23).